The number of oxazole rings is 1. The molecule has 0 saturated heterocycles. The maximum atomic E-state index is 5.92. The first-order valence-corrected chi connectivity index (χ1v) is 5.11. The van der Waals surface area contributed by atoms with Gasteiger partial charge in [-0.05, 0) is 18.2 Å². The summed E-state index contributed by atoms with van der Waals surface area (Å²) < 4.78 is 10.7. The summed E-state index contributed by atoms with van der Waals surface area (Å²) in [6.45, 7) is 0.267. The number of nitrogens with zero attached hydrogens (tertiary/aromatic N) is 1. The number of benzene rings is 1. The van der Waals surface area contributed by atoms with Crippen molar-refractivity contribution < 1.29 is 9.15 Å². The summed E-state index contributed by atoms with van der Waals surface area (Å²) in [6.07, 6.45) is 1.61. The maximum absolute atomic E-state index is 5.92. The van der Waals surface area contributed by atoms with Gasteiger partial charge in [-0.25, -0.2) is 4.98 Å². The standard InChI is InChI=1S/C11H11ClN2O2/c1-15-9-3-2-7(12)4-8(9)10-6-14-11(5-13)16-10/h2-4,6H,5,13H2,1H3. The lowest BCUT2D eigenvalue weighted by Crippen LogP contribution is -1.94. The third kappa shape index (κ3) is 2.03. The van der Waals surface area contributed by atoms with Crippen molar-refractivity contribution in [1.29, 1.82) is 0 Å². The zero-order chi connectivity index (χ0) is 11.5. The van der Waals surface area contributed by atoms with Crippen molar-refractivity contribution in [1.82, 2.24) is 4.98 Å². The first-order valence-electron chi connectivity index (χ1n) is 4.73. The highest BCUT2D eigenvalue weighted by Crippen LogP contribution is 2.32. The molecule has 0 aliphatic carbocycles. The van der Waals surface area contributed by atoms with Crippen LogP contribution in [0.1, 0.15) is 5.89 Å². The Hall–Kier alpha value is -1.52. The quantitative estimate of drug-likeness (QED) is 0.892. The van der Waals surface area contributed by atoms with E-state index in [1.54, 1.807) is 31.5 Å². The number of aromatic nitrogens is 1. The van der Waals surface area contributed by atoms with E-state index in [-0.39, 0.29) is 6.54 Å². The average Bonchev–Trinajstić information content (AvgIpc) is 2.77. The normalized spacial score (nSPS) is 10.4. The van der Waals surface area contributed by atoms with E-state index >= 15 is 0 Å². The van der Waals surface area contributed by atoms with Crippen molar-refractivity contribution >= 4 is 11.6 Å². The van der Waals surface area contributed by atoms with E-state index in [0.29, 0.717) is 22.4 Å². The Bertz CT molecular complexity index is 496. The molecular formula is C11H11ClN2O2. The van der Waals surface area contributed by atoms with E-state index in [0.717, 1.165) is 5.56 Å². The summed E-state index contributed by atoms with van der Waals surface area (Å²) in [7, 11) is 1.59. The SMILES string of the molecule is COc1ccc(Cl)cc1-c1cnc(CN)o1. The molecule has 0 saturated carbocycles. The molecule has 84 valence electrons. The number of hydrogen-bond acceptors (Lipinski definition) is 4. The molecule has 0 spiro atoms. The number of halogens is 1. The lowest BCUT2D eigenvalue weighted by Gasteiger charge is -2.05. The minimum atomic E-state index is 0.267. The maximum Gasteiger partial charge on any atom is 0.208 e. The van der Waals surface area contributed by atoms with Crippen LogP contribution in [0.5, 0.6) is 5.75 Å². The molecule has 2 rings (SSSR count). The van der Waals surface area contributed by atoms with Crippen molar-refractivity contribution in [3.8, 4) is 17.1 Å². The van der Waals surface area contributed by atoms with Crippen LogP contribution < -0.4 is 10.5 Å². The second kappa shape index (κ2) is 4.55. The smallest absolute Gasteiger partial charge is 0.208 e. The fourth-order valence-electron chi connectivity index (χ4n) is 1.40. The zero-order valence-electron chi connectivity index (χ0n) is 8.74. The third-order valence-electron chi connectivity index (χ3n) is 2.16. The van der Waals surface area contributed by atoms with Gasteiger partial charge in [0.2, 0.25) is 5.89 Å². The van der Waals surface area contributed by atoms with Crippen molar-refractivity contribution in [2.24, 2.45) is 5.73 Å². The van der Waals surface area contributed by atoms with E-state index in [4.69, 9.17) is 26.5 Å². The molecule has 0 aliphatic heterocycles. The van der Waals surface area contributed by atoms with Gasteiger partial charge in [0.25, 0.3) is 0 Å². The Morgan fingerprint density at radius 2 is 2.31 bits per heavy atom. The Morgan fingerprint density at radius 1 is 1.50 bits per heavy atom. The number of nitrogens with two attached hydrogens (primary N) is 1. The zero-order valence-corrected chi connectivity index (χ0v) is 9.49. The van der Waals surface area contributed by atoms with E-state index < -0.39 is 0 Å². The fraction of sp³-hybridized carbons (Fsp3) is 0.182. The molecule has 0 fully saturated rings. The molecule has 2 aromatic rings. The van der Waals surface area contributed by atoms with Gasteiger partial charge in [0.15, 0.2) is 5.76 Å². The van der Waals surface area contributed by atoms with Gasteiger partial charge in [-0.3, -0.25) is 0 Å². The minimum Gasteiger partial charge on any atom is -0.496 e. The van der Waals surface area contributed by atoms with Crippen LogP contribution in [0, 0.1) is 0 Å². The van der Waals surface area contributed by atoms with E-state index in [2.05, 4.69) is 4.98 Å². The second-order valence-corrected chi connectivity index (χ2v) is 3.60. The molecule has 0 bridgehead atoms. The summed E-state index contributed by atoms with van der Waals surface area (Å²) in [5.41, 5.74) is 6.19. The molecule has 1 aromatic carbocycles. The highest BCUT2D eigenvalue weighted by atomic mass is 35.5. The lowest BCUT2D eigenvalue weighted by molar-refractivity contribution is 0.414. The van der Waals surface area contributed by atoms with Gasteiger partial charge >= 0.3 is 0 Å². The van der Waals surface area contributed by atoms with Gasteiger partial charge in [-0.1, -0.05) is 11.6 Å². The minimum absolute atomic E-state index is 0.267. The molecule has 5 heteroatoms. The van der Waals surface area contributed by atoms with Gasteiger partial charge in [0, 0.05) is 5.02 Å². The largest absolute Gasteiger partial charge is 0.496 e. The molecule has 2 N–H and O–H groups in total. The number of ether oxygens (including phenoxy) is 1. The molecule has 0 amide bonds. The van der Waals surface area contributed by atoms with Gasteiger partial charge in [0.05, 0.1) is 25.4 Å². The molecule has 0 radical (unpaired) electrons. The van der Waals surface area contributed by atoms with Crippen LogP contribution >= 0.6 is 11.6 Å². The van der Waals surface area contributed by atoms with Crippen molar-refractivity contribution in [2.45, 2.75) is 6.54 Å². The highest BCUT2D eigenvalue weighted by molar-refractivity contribution is 6.30. The lowest BCUT2D eigenvalue weighted by atomic mass is 10.1. The highest BCUT2D eigenvalue weighted by Gasteiger charge is 2.11. The topological polar surface area (TPSA) is 61.3 Å². The first-order chi connectivity index (χ1) is 7.74. The monoisotopic (exact) mass is 238 g/mol. The van der Waals surface area contributed by atoms with Crippen LogP contribution in [0.25, 0.3) is 11.3 Å². The molecule has 1 aromatic heterocycles. The molecule has 0 unspecified atom stereocenters. The van der Waals surface area contributed by atoms with Crippen LogP contribution in [0.2, 0.25) is 5.02 Å². The Kier molecular flexibility index (Phi) is 3.12. The first kappa shape index (κ1) is 11.0. The van der Waals surface area contributed by atoms with Crippen LogP contribution in [0.15, 0.2) is 28.8 Å². The van der Waals surface area contributed by atoms with E-state index in [1.807, 2.05) is 0 Å². The van der Waals surface area contributed by atoms with Crippen LogP contribution in [0.3, 0.4) is 0 Å². The predicted molar refractivity (Wildman–Crippen MR) is 61.4 cm³/mol. The van der Waals surface area contributed by atoms with E-state index in [1.165, 1.54) is 0 Å². The molecule has 16 heavy (non-hydrogen) atoms. The van der Waals surface area contributed by atoms with Crippen molar-refractivity contribution in [3.05, 3.63) is 35.3 Å². The molecule has 0 aliphatic rings. The predicted octanol–water partition coefficient (Wildman–Crippen LogP) is 2.46. The van der Waals surface area contributed by atoms with Crippen LogP contribution in [-0.4, -0.2) is 12.1 Å². The Morgan fingerprint density at radius 3 is 2.94 bits per heavy atom. The number of methoxy groups -OCH3 is 1. The summed E-state index contributed by atoms with van der Waals surface area (Å²) in [5, 5.41) is 0.612. The van der Waals surface area contributed by atoms with Gasteiger partial charge < -0.3 is 14.9 Å². The van der Waals surface area contributed by atoms with Crippen molar-refractivity contribution in [3.63, 3.8) is 0 Å². The summed E-state index contributed by atoms with van der Waals surface area (Å²) in [5.74, 6) is 1.76. The molecule has 1 heterocycles. The molecular weight excluding hydrogens is 228 g/mol. The van der Waals surface area contributed by atoms with Gasteiger partial charge in [-0.2, -0.15) is 0 Å². The van der Waals surface area contributed by atoms with Gasteiger partial charge in [0.1, 0.15) is 5.75 Å². The second-order valence-electron chi connectivity index (χ2n) is 3.17. The summed E-state index contributed by atoms with van der Waals surface area (Å²) >= 11 is 5.92. The Balaban J connectivity index is 2.49. The average molecular weight is 239 g/mol. The number of rotatable bonds is 3. The van der Waals surface area contributed by atoms with Crippen LogP contribution in [0.4, 0.5) is 0 Å². The fourth-order valence-corrected chi connectivity index (χ4v) is 1.57. The molecule has 4 nitrogen and oxygen atoms in total. The summed E-state index contributed by atoms with van der Waals surface area (Å²) in [4.78, 5) is 4.03. The molecule has 0 atom stereocenters. The van der Waals surface area contributed by atoms with Gasteiger partial charge in [-0.15, -0.1) is 0 Å². The third-order valence-corrected chi connectivity index (χ3v) is 2.39. The van der Waals surface area contributed by atoms with Crippen LogP contribution in [-0.2, 0) is 6.54 Å². The summed E-state index contributed by atoms with van der Waals surface area (Å²) in [6, 6.07) is 5.30. The van der Waals surface area contributed by atoms with E-state index in [9.17, 15) is 0 Å². The Labute approximate surface area is 98.0 Å². The number of hydrogen-bond donors (Lipinski definition) is 1. The van der Waals surface area contributed by atoms with Crippen molar-refractivity contribution in [2.75, 3.05) is 7.11 Å².